The number of carbonyl (C=O) groups excluding carboxylic acids is 2. The summed E-state index contributed by atoms with van der Waals surface area (Å²) >= 11 is 0. The van der Waals surface area contributed by atoms with E-state index in [9.17, 15) is 18.0 Å². The number of amides is 2. The molecular weight excluding hydrogens is 442 g/mol. The average Bonchev–Trinajstić information content (AvgIpc) is 3.19. The third kappa shape index (κ3) is 5.72. The first kappa shape index (κ1) is 24.7. The normalized spacial score (nSPS) is 16.3. The van der Waals surface area contributed by atoms with Crippen molar-refractivity contribution >= 4 is 27.5 Å². The van der Waals surface area contributed by atoms with Crippen molar-refractivity contribution in [3.05, 3.63) is 54.1 Å². The molecule has 9 heteroatoms. The zero-order valence-electron chi connectivity index (χ0n) is 19.3. The maximum atomic E-state index is 13.0. The van der Waals surface area contributed by atoms with Gasteiger partial charge in [-0.1, -0.05) is 44.2 Å². The summed E-state index contributed by atoms with van der Waals surface area (Å²) in [5.41, 5.74) is 1.40. The van der Waals surface area contributed by atoms with E-state index in [1.54, 1.807) is 18.7 Å². The number of likely N-dealkylation sites (tertiary alicyclic amines) is 1. The fourth-order valence-corrected chi connectivity index (χ4v) is 5.45. The Morgan fingerprint density at radius 1 is 1.15 bits per heavy atom. The lowest BCUT2D eigenvalue weighted by molar-refractivity contribution is -0.128. The van der Waals surface area contributed by atoms with Gasteiger partial charge in [0.1, 0.15) is 5.75 Å². The molecule has 0 bridgehead atoms. The highest BCUT2D eigenvalue weighted by Crippen LogP contribution is 2.30. The Hall–Kier alpha value is -2.91. The maximum absolute atomic E-state index is 13.0. The number of hydrogen-bond donors (Lipinski definition) is 1. The van der Waals surface area contributed by atoms with Crippen LogP contribution in [0, 0.1) is 5.92 Å². The van der Waals surface area contributed by atoms with Crippen molar-refractivity contribution in [3.8, 4) is 5.75 Å². The molecule has 2 aromatic rings. The molecule has 0 unspecified atom stereocenters. The first-order valence-electron chi connectivity index (χ1n) is 11.1. The lowest BCUT2D eigenvalue weighted by atomic mass is 10.1. The second-order valence-electron chi connectivity index (χ2n) is 7.92. The lowest BCUT2D eigenvalue weighted by Gasteiger charge is -2.20. The fraction of sp³-hybridized carbons (Fsp3) is 0.417. The van der Waals surface area contributed by atoms with Crippen molar-refractivity contribution in [2.24, 2.45) is 5.92 Å². The molecule has 3 rings (SSSR count). The minimum absolute atomic E-state index is 0.0593. The first-order chi connectivity index (χ1) is 15.8. The van der Waals surface area contributed by atoms with Gasteiger partial charge in [-0.05, 0) is 30.2 Å². The summed E-state index contributed by atoms with van der Waals surface area (Å²) in [4.78, 5) is 27.2. The standard InChI is InChI=1S/C24H31N3O5S/c1-4-27(5-2)33(30,31)20-11-12-22(32-3)21(16-20)25-24(29)19-15-23(28)26(17-19)14-13-18-9-7-6-8-10-18/h6-12,16,19H,4-5,13-15,17H2,1-3H3,(H,25,29)/t19-/m0/s1. The molecule has 1 saturated heterocycles. The molecule has 2 aromatic carbocycles. The highest BCUT2D eigenvalue weighted by atomic mass is 32.2. The molecule has 0 aromatic heterocycles. The minimum Gasteiger partial charge on any atom is -0.495 e. The number of sulfonamides is 1. The van der Waals surface area contributed by atoms with Gasteiger partial charge in [0.2, 0.25) is 21.8 Å². The summed E-state index contributed by atoms with van der Waals surface area (Å²) in [6.45, 7) is 5.11. The number of anilines is 1. The van der Waals surface area contributed by atoms with Crippen molar-refractivity contribution in [2.75, 3.05) is 38.6 Å². The van der Waals surface area contributed by atoms with Crippen LogP contribution in [0.2, 0.25) is 0 Å². The van der Waals surface area contributed by atoms with Crippen LogP contribution in [0.25, 0.3) is 0 Å². The van der Waals surface area contributed by atoms with Crippen molar-refractivity contribution in [1.82, 2.24) is 9.21 Å². The molecule has 0 saturated carbocycles. The van der Waals surface area contributed by atoms with Gasteiger partial charge in [-0.25, -0.2) is 8.42 Å². The SMILES string of the molecule is CCN(CC)S(=O)(=O)c1ccc(OC)c(NC(=O)[C@H]2CC(=O)N(CCc3ccccc3)C2)c1. The molecule has 1 N–H and O–H groups in total. The summed E-state index contributed by atoms with van der Waals surface area (Å²) in [6, 6.07) is 14.3. The van der Waals surface area contributed by atoms with Crippen molar-refractivity contribution in [3.63, 3.8) is 0 Å². The number of ether oxygens (including phenoxy) is 1. The van der Waals surface area contributed by atoms with E-state index >= 15 is 0 Å². The highest BCUT2D eigenvalue weighted by molar-refractivity contribution is 7.89. The molecule has 0 spiro atoms. The third-order valence-electron chi connectivity index (χ3n) is 5.87. The summed E-state index contributed by atoms with van der Waals surface area (Å²) in [5, 5.41) is 2.78. The smallest absolute Gasteiger partial charge is 0.243 e. The largest absolute Gasteiger partial charge is 0.495 e. The zero-order valence-corrected chi connectivity index (χ0v) is 20.1. The van der Waals surface area contributed by atoms with Gasteiger partial charge in [-0.3, -0.25) is 9.59 Å². The molecule has 1 aliphatic heterocycles. The Labute approximate surface area is 195 Å². The maximum Gasteiger partial charge on any atom is 0.243 e. The van der Waals surface area contributed by atoms with Crippen LogP contribution in [0.4, 0.5) is 5.69 Å². The number of rotatable bonds is 10. The monoisotopic (exact) mass is 473 g/mol. The van der Waals surface area contributed by atoms with Crippen LogP contribution in [-0.2, 0) is 26.0 Å². The van der Waals surface area contributed by atoms with Crippen molar-refractivity contribution < 1.29 is 22.7 Å². The van der Waals surface area contributed by atoms with E-state index in [1.165, 1.54) is 29.6 Å². The van der Waals surface area contributed by atoms with Crippen molar-refractivity contribution in [2.45, 2.75) is 31.6 Å². The molecular formula is C24H31N3O5S. The van der Waals surface area contributed by atoms with Gasteiger partial charge >= 0.3 is 0 Å². The zero-order chi connectivity index (χ0) is 24.0. The number of nitrogens with zero attached hydrogens (tertiary/aromatic N) is 2. The predicted molar refractivity (Wildman–Crippen MR) is 127 cm³/mol. The summed E-state index contributed by atoms with van der Waals surface area (Å²) in [5.74, 6) is -0.551. The molecule has 33 heavy (non-hydrogen) atoms. The molecule has 178 valence electrons. The van der Waals surface area contributed by atoms with E-state index < -0.39 is 15.9 Å². The van der Waals surface area contributed by atoms with Crippen LogP contribution in [0.3, 0.4) is 0 Å². The van der Waals surface area contributed by atoms with Crippen LogP contribution in [-0.4, -0.2) is 62.7 Å². The van der Waals surface area contributed by atoms with Crippen LogP contribution in [0.5, 0.6) is 5.75 Å². The number of hydrogen-bond acceptors (Lipinski definition) is 5. The molecule has 0 radical (unpaired) electrons. The van der Waals surface area contributed by atoms with Gasteiger partial charge in [0.15, 0.2) is 0 Å². The third-order valence-corrected chi connectivity index (χ3v) is 7.92. The molecule has 1 fully saturated rings. The van der Waals surface area contributed by atoms with Crippen LogP contribution >= 0.6 is 0 Å². The molecule has 2 amide bonds. The van der Waals surface area contributed by atoms with Gasteiger partial charge < -0.3 is 15.0 Å². The minimum atomic E-state index is -3.69. The molecule has 0 aliphatic carbocycles. The number of carbonyl (C=O) groups is 2. The number of methoxy groups -OCH3 is 1. The Balaban J connectivity index is 1.71. The fourth-order valence-electron chi connectivity index (χ4n) is 3.97. The van der Waals surface area contributed by atoms with E-state index in [2.05, 4.69) is 5.32 Å². The average molecular weight is 474 g/mol. The Morgan fingerprint density at radius 3 is 2.48 bits per heavy atom. The van der Waals surface area contributed by atoms with Gasteiger partial charge in [0.25, 0.3) is 0 Å². The van der Waals surface area contributed by atoms with Gasteiger partial charge in [0.05, 0.1) is 23.6 Å². The molecule has 1 atom stereocenters. The van der Waals surface area contributed by atoms with Crippen LogP contribution in [0.15, 0.2) is 53.4 Å². The van der Waals surface area contributed by atoms with Crippen LogP contribution < -0.4 is 10.1 Å². The first-order valence-corrected chi connectivity index (χ1v) is 12.5. The topological polar surface area (TPSA) is 96.0 Å². The van der Waals surface area contributed by atoms with Gasteiger partial charge in [-0.15, -0.1) is 0 Å². The molecule has 8 nitrogen and oxygen atoms in total. The summed E-state index contributed by atoms with van der Waals surface area (Å²) in [6.07, 6.45) is 0.848. The quantitative estimate of drug-likeness (QED) is 0.572. The number of nitrogens with one attached hydrogen (secondary N) is 1. The van der Waals surface area contributed by atoms with Crippen LogP contribution in [0.1, 0.15) is 25.8 Å². The van der Waals surface area contributed by atoms with E-state index in [1.807, 2.05) is 30.3 Å². The van der Waals surface area contributed by atoms with E-state index in [-0.39, 0.29) is 28.8 Å². The summed E-state index contributed by atoms with van der Waals surface area (Å²) in [7, 11) is -2.24. The van der Waals surface area contributed by atoms with E-state index in [4.69, 9.17) is 4.74 Å². The second-order valence-corrected chi connectivity index (χ2v) is 9.86. The Kier molecular flexibility index (Phi) is 8.10. The van der Waals surface area contributed by atoms with Gasteiger partial charge in [-0.2, -0.15) is 4.31 Å². The predicted octanol–water partition coefficient (Wildman–Crippen LogP) is 2.76. The van der Waals surface area contributed by atoms with Crippen molar-refractivity contribution in [1.29, 1.82) is 0 Å². The Bertz CT molecular complexity index is 1080. The lowest BCUT2D eigenvalue weighted by Crippen LogP contribution is -2.31. The highest BCUT2D eigenvalue weighted by Gasteiger charge is 2.34. The summed E-state index contributed by atoms with van der Waals surface area (Å²) < 4.78 is 32.4. The number of benzene rings is 2. The van der Waals surface area contributed by atoms with Gasteiger partial charge in [0, 0.05) is 32.6 Å². The molecule has 1 heterocycles. The van der Waals surface area contributed by atoms with E-state index in [0.29, 0.717) is 31.9 Å². The second kappa shape index (κ2) is 10.8. The Morgan fingerprint density at radius 2 is 1.85 bits per heavy atom. The van der Waals surface area contributed by atoms with E-state index in [0.717, 1.165) is 12.0 Å². The molecule has 1 aliphatic rings.